The van der Waals surface area contributed by atoms with Crippen LogP contribution < -0.4 is 9.47 Å². The molecule has 110 valence electrons. The van der Waals surface area contributed by atoms with Gasteiger partial charge < -0.3 is 9.47 Å². The molecule has 0 aliphatic carbocycles. The smallest absolute Gasteiger partial charge is 0.231 e. The first-order valence-electron chi connectivity index (χ1n) is 6.87. The number of rotatable bonds is 2. The summed E-state index contributed by atoms with van der Waals surface area (Å²) in [7, 11) is -2.89. The normalized spacial score (nSPS) is 25.4. The Balaban J connectivity index is 1.79. The number of hydrogen-bond donors (Lipinski definition) is 0. The summed E-state index contributed by atoms with van der Waals surface area (Å²) in [5.41, 5.74) is 1.06. The molecule has 1 unspecified atom stereocenters. The lowest BCUT2D eigenvalue weighted by Crippen LogP contribution is -2.33. The lowest BCUT2D eigenvalue weighted by atomic mass is 10.1. The highest BCUT2D eigenvalue weighted by Gasteiger charge is 2.26. The van der Waals surface area contributed by atoms with E-state index in [1.807, 2.05) is 18.2 Å². The van der Waals surface area contributed by atoms with E-state index in [4.69, 9.17) is 9.47 Å². The molecule has 0 aromatic heterocycles. The minimum atomic E-state index is -2.89. The van der Waals surface area contributed by atoms with E-state index in [1.54, 1.807) is 0 Å². The molecule has 1 saturated heterocycles. The summed E-state index contributed by atoms with van der Waals surface area (Å²) in [6.07, 6.45) is 0.689. The molecule has 1 atom stereocenters. The fraction of sp³-hybridized carbons (Fsp3) is 0.571. The van der Waals surface area contributed by atoms with E-state index in [-0.39, 0.29) is 24.3 Å². The van der Waals surface area contributed by atoms with Gasteiger partial charge in [0.05, 0.1) is 11.5 Å². The monoisotopic (exact) mass is 297 g/mol. The Bertz CT molecular complexity index is 599. The van der Waals surface area contributed by atoms with Gasteiger partial charge in [0.2, 0.25) is 6.79 Å². The van der Waals surface area contributed by atoms with Crippen molar-refractivity contribution in [2.75, 3.05) is 24.8 Å². The molecule has 0 amide bonds. The van der Waals surface area contributed by atoms with Gasteiger partial charge >= 0.3 is 0 Å². The van der Waals surface area contributed by atoms with Crippen LogP contribution in [-0.4, -0.2) is 44.2 Å². The molecule has 2 aliphatic rings. The lowest BCUT2D eigenvalue weighted by Gasteiger charge is -2.26. The molecule has 2 heterocycles. The predicted octanol–water partition coefficient (Wildman–Crippen LogP) is 1.42. The summed E-state index contributed by atoms with van der Waals surface area (Å²) in [6.45, 7) is 3.62. The summed E-state index contributed by atoms with van der Waals surface area (Å²) in [5.74, 6) is 2.10. The minimum absolute atomic E-state index is 0.240. The summed E-state index contributed by atoms with van der Waals surface area (Å²) < 4.78 is 34.3. The van der Waals surface area contributed by atoms with Crippen LogP contribution in [0.3, 0.4) is 0 Å². The number of fused-ring (bicyclic) bond motifs is 1. The summed E-state index contributed by atoms with van der Waals surface area (Å²) in [4.78, 5) is 2.21. The SMILES string of the molecule is CC1CCS(=O)(=O)CCN1Cc1cccc2c1OCO2. The summed E-state index contributed by atoms with van der Waals surface area (Å²) >= 11 is 0. The molecule has 0 saturated carbocycles. The molecule has 1 fully saturated rings. The second-order valence-corrected chi connectivity index (χ2v) is 7.71. The van der Waals surface area contributed by atoms with Crippen LogP contribution in [0.4, 0.5) is 0 Å². The number of hydrogen-bond acceptors (Lipinski definition) is 5. The van der Waals surface area contributed by atoms with Crippen molar-refractivity contribution in [2.24, 2.45) is 0 Å². The van der Waals surface area contributed by atoms with Gasteiger partial charge in [-0.3, -0.25) is 4.90 Å². The fourth-order valence-electron chi connectivity index (χ4n) is 2.68. The van der Waals surface area contributed by atoms with E-state index < -0.39 is 9.84 Å². The molecule has 0 radical (unpaired) electrons. The van der Waals surface area contributed by atoms with E-state index in [9.17, 15) is 8.42 Å². The predicted molar refractivity (Wildman–Crippen MR) is 75.7 cm³/mol. The lowest BCUT2D eigenvalue weighted by molar-refractivity contribution is 0.169. The highest BCUT2D eigenvalue weighted by atomic mass is 32.2. The van der Waals surface area contributed by atoms with E-state index in [2.05, 4.69) is 11.8 Å². The molecule has 1 aromatic carbocycles. The molecule has 2 aliphatic heterocycles. The van der Waals surface area contributed by atoms with Gasteiger partial charge in [0.1, 0.15) is 0 Å². The zero-order valence-electron chi connectivity index (χ0n) is 11.5. The van der Waals surface area contributed by atoms with Gasteiger partial charge in [-0.25, -0.2) is 8.42 Å². The van der Waals surface area contributed by atoms with Crippen LogP contribution in [0, 0.1) is 0 Å². The Hall–Kier alpha value is -1.27. The van der Waals surface area contributed by atoms with Gasteiger partial charge in [0, 0.05) is 24.7 Å². The van der Waals surface area contributed by atoms with Crippen LogP contribution in [-0.2, 0) is 16.4 Å². The first-order chi connectivity index (χ1) is 9.55. The van der Waals surface area contributed by atoms with Crippen molar-refractivity contribution in [3.63, 3.8) is 0 Å². The van der Waals surface area contributed by atoms with Gasteiger partial charge in [0.25, 0.3) is 0 Å². The van der Waals surface area contributed by atoms with E-state index in [1.165, 1.54) is 0 Å². The average Bonchev–Trinajstić information content (AvgIpc) is 2.85. The zero-order valence-corrected chi connectivity index (χ0v) is 12.4. The Morgan fingerprint density at radius 2 is 2.15 bits per heavy atom. The minimum Gasteiger partial charge on any atom is -0.454 e. The number of sulfone groups is 1. The highest BCUT2D eigenvalue weighted by Crippen LogP contribution is 2.36. The van der Waals surface area contributed by atoms with Gasteiger partial charge in [0.15, 0.2) is 21.3 Å². The van der Waals surface area contributed by atoms with Crippen LogP contribution in [0.2, 0.25) is 0 Å². The largest absolute Gasteiger partial charge is 0.454 e. The summed E-state index contributed by atoms with van der Waals surface area (Å²) in [5, 5.41) is 0. The van der Waals surface area contributed by atoms with E-state index >= 15 is 0 Å². The molecule has 6 heteroatoms. The zero-order chi connectivity index (χ0) is 14.2. The van der Waals surface area contributed by atoms with Crippen molar-refractivity contribution < 1.29 is 17.9 Å². The maximum atomic E-state index is 11.7. The van der Waals surface area contributed by atoms with Crippen molar-refractivity contribution in [3.8, 4) is 11.5 Å². The molecule has 1 aromatic rings. The average molecular weight is 297 g/mol. The number of para-hydroxylation sites is 1. The number of ether oxygens (including phenoxy) is 2. The third-order valence-corrected chi connectivity index (χ3v) is 5.67. The highest BCUT2D eigenvalue weighted by molar-refractivity contribution is 7.91. The van der Waals surface area contributed by atoms with E-state index in [0.717, 1.165) is 17.1 Å². The van der Waals surface area contributed by atoms with Crippen molar-refractivity contribution in [3.05, 3.63) is 23.8 Å². The molecule has 0 N–H and O–H groups in total. The Morgan fingerprint density at radius 1 is 1.30 bits per heavy atom. The van der Waals surface area contributed by atoms with Crippen molar-refractivity contribution in [1.29, 1.82) is 0 Å². The second kappa shape index (κ2) is 5.26. The maximum Gasteiger partial charge on any atom is 0.231 e. The third kappa shape index (κ3) is 2.76. The van der Waals surface area contributed by atoms with Crippen molar-refractivity contribution >= 4 is 9.84 Å². The third-order valence-electron chi connectivity index (χ3n) is 4.01. The fourth-order valence-corrected chi connectivity index (χ4v) is 4.10. The molecular weight excluding hydrogens is 278 g/mol. The standard InChI is InChI=1S/C14H19NO4S/c1-11-5-7-20(16,17)8-6-15(11)9-12-3-2-4-13-14(12)19-10-18-13/h2-4,11H,5-10H2,1H3. The quantitative estimate of drug-likeness (QED) is 0.826. The Kier molecular flexibility index (Phi) is 3.60. The van der Waals surface area contributed by atoms with Crippen LogP contribution in [0.1, 0.15) is 18.9 Å². The van der Waals surface area contributed by atoms with Gasteiger partial charge in [-0.1, -0.05) is 12.1 Å². The van der Waals surface area contributed by atoms with Crippen LogP contribution in [0.5, 0.6) is 11.5 Å². The van der Waals surface area contributed by atoms with Crippen LogP contribution in [0.25, 0.3) is 0 Å². The molecule has 0 bridgehead atoms. The topological polar surface area (TPSA) is 55.8 Å². The van der Waals surface area contributed by atoms with E-state index in [0.29, 0.717) is 19.5 Å². The van der Waals surface area contributed by atoms with Crippen LogP contribution in [0.15, 0.2) is 18.2 Å². The van der Waals surface area contributed by atoms with Gasteiger partial charge in [-0.05, 0) is 19.4 Å². The Morgan fingerprint density at radius 3 is 3.00 bits per heavy atom. The first kappa shape index (κ1) is 13.7. The molecular formula is C14H19NO4S. The maximum absolute atomic E-state index is 11.7. The summed E-state index contributed by atoms with van der Waals surface area (Å²) in [6, 6.07) is 6.11. The second-order valence-electron chi connectivity index (χ2n) is 5.41. The number of nitrogens with zero attached hydrogens (tertiary/aromatic N) is 1. The van der Waals surface area contributed by atoms with Gasteiger partial charge in [-0.2, -0.15) is 0 Å². The molecule has 20 heavy (non-hydrogen) atoms. The molecule has 0 spiro atoms. The molecule has 3 rings (SSSR count). The number of benzene rings is 1. The van der Waals surface area contributed by atoms with Crippen molar-refractivity contribution in [2.45, 2.75) is 25.9 Å². The van der Waals surface area contributed by atoms with Crippen molar-refractivity contribution in [1.82, 2.24) is 4.90 Å². The van der Waals surface area contributed by atoms with Gasteiger partial charge in [-0.15, -0.1) is 0 Å². The van der Waals surface area contributed by atoms with Crippen LogP contribution >= 0.6 is 0 Å². The first-order valence-corrected chi connectivity index (χ1v) is 8.69. The Labute approximate surface area is 119 Å². The molecule has 5 nitrogen and oxygen atoms in total.